The van der Waals surface area contributed by atoms with Gasteiger partial charge in [-0.15, -0.1) is 0 Å². The normalized spacial score (nSPS) is 15.5. The molecule has 0 aliphatic carbocycles. The highest BCUT2D eigenvalue weighted by Crippen LogP contribution is 2.22. The van der Waals surface area contributed by atoms with Crippen LogP contribution in [0.4, 0.5) is 0 Å². The highest BCUT2D eigenvalue weighted by atomic mass is 16.5. The van der Waals surface area contributed by atoms with Gasteiger partial charge in [0.2, 0.25) is 0 Å². The van der Waals surface area contributed by atoms with Crippen molar-refractivity contribution in [1.29, 1.82) is 0 Å². The lowest BCUT2D eigenvalue weighted by atomic mass is 9.86. The Balaban J connectivity index is 1.48. The minimum absolute atomic E-state index is 0.108. The summed E-state index contributed by atoms with van der Waals surface area (Å²) in [6.07, 6.45) is 1.02. The molecule has 0 aromatic heterocycles. The van der Waals surface area contributed by atoms with Crippen molar-refractivity contribution in [3.63, 3.8) is 0 Å². The molecule has 0 atom stereocenters. The lowest BCUT2D eigenvalue weighted by Gasteiger charge is -2.35. The third-order valence-electron chi connectivity index (χ3n) is 5.53. The topological polar surface area (TPSA) is 32.8 Å². The minimum atomic E-state index is 0.108. The average Bonchev–Trinajstić information content (AvgIpc) is 2.72. The molecule has 1 aliphatic heterocycles. The first-order valence-corrected chi connectivity index (χ1v) is 10.1. The second kappa shape index (κ2) is 8.78. The summed E-state index contributed by atoms with van der Waals surface area (Å²) in [6.45, 7) is 11.0. The van der Waals surface area contributed by atoms with Crippen molar-refractivity contribution < 1.29 is 9.53 Å². The third-order valence-corrected chi connectivity index (χ3v) is 5.53. The maximum atomic E-state index is 12.8. The molecule has 0 N–H and O–H groups in total. The van der Waals surface area contributed by atoms with E-state index in [-0.39, 0.29) is 11.3 Å². The number of piperazine rings is 1. The third kappa shape index (κ3) is 5.14. The zero-order valence-corrected chi connectivity index (χ0v) is 17.6. The zero-order valence-electron chi connectivity index (χ0n) is 17.6. The molecule has 150 valence electrons. The molecule has 1 saturated heterocycles. The number of nitrogens with zero attached hydrogens (tertiary/aromatic N) is 2. The van der Waals surface area contributed by atoms with Gasteiger partial charge in [0.05, 0.1) is 7.11 Å². The van der Waals surface area contributed by atoms with Crippen LogP contribution in [0, 0.1) is 0 Å². The van der Waals surface area contributed by atoms with Crippen molar-refractivity contribution in [2.45, 2.75) is 32.6 Å². The molecule has 0 unspecified atom stereocenters. The molecule has 2 aromatic rings. The Labute approximate surface area is 169 Å². The average molecular weight is 381 g/mol. The first-order valence-electron chi connectivity index (χ1n) is 10.1. The summed E-state index contributed by atoms with van der Waals surface area (Å²) in [5.41, 5.74) is 3.47. The Kier molecular flexibility index (Phi) is 6.40. The molecule has 4 nitrogen and oxygen atoms in total. The fourth-order valence-corrected chi connectivity index (χ4v) is 3.55. The number of carbonyl (C=O) groups is 1. The number of hydrogen-bond donors (Lipinski definition) is 0. The van der Waals surface area contributed by atoms with Crippen LogP contribution in [0.2, 0.25) is 0 Å². The van der Waals surface area contributed by atoms with Gasteiger partial charge in [-0.05, 0) is 47.2 Å². The van der Waals surface area contributed by atoms with Crippen LogP contribution in [0.1, 0.15) is 42.3 Å². The van der Waals surface area contributed by atoms with Crippen LogP contribution in [0.15, 0.2) is 48.5 Å². The standard InChI is InChI=1S/C24H32N2O2/c1-24(2,3)21-9-7-20(8-10-21)23(27)26-17-15-25(16-18-26)14-13-19-5-11-22(28-4)12-6-19/h5-12H,13-18H2,1-4H3. The number of ether oxygens (including phenoxy) is 1. The van der Waals surface area contributed by atoms with Crippen molar-refractivity contribution in [3.05, 3.63) is 65.2 Å². The molecular weight excluding hydrogens is 348 g/mol. The zero-order chi connectivity index (χ0) is 20.1. The second-order valence-corrected chi connectivity index (χ2v) is 8.56. The maximum Gasteiger partial charge on any atom is 0.253 e. The van der Waals surface area contributed by atoms with Crippen molar-refractivity contribution in [1.82, 2.24) is 9.80 Å². The quantitative estimate of drug-likeness (QED) is 0.786. The molecule has 3 rings (SSSR count). The maximum absolute atomic E-state index is 12.8. The van der Waals surface area contributed by atoms with Crippen LogP contribution in [0.25, 0.3) is 0 Å². The van der Waals surface area contributed by atoms with E-state index in [1.165, 1.54) is 11.1 Å². The van der Waals surface area contributed by atoms with Gasteiger partial charge in [0, 0.05) is 38.3 Å². The number of benzene rings is 2. The van der Waals surface area contributed by atoms with Crippen LogP contribution in [-0.4, -0.2) is 55.5 Å². The number of hydrogen-bond acceptors (Lipinski definition) is 3. The fraction of sp³-hybridized carbons (Fsp3) is 0.458. The molecule has 4 heteroatoms. The molecule has 28 heavy (non-hydrogen) atoms. The van der Waals surface area contributed by atoms with Gasteiger partial charge in [0.1, 0.15) is 5.75 Å². The molecule has 1 amide bonds. The van der Waals surface area contributed by atoms with Gasteiger partial charge in [-0.1, -0.05) is 45.0 Å². The predicted molar refractivity (Wildman–Crippen MR) is 114 cm³/mol. The Morgan fingerprint density at radius 3 is 2.07 bits per heavy atom. The molecule has 1 aliphatic rings. The van der Waals surface area contributed by atoms with Gasteiger partial charge in [-0.25, -0.2) is 0 Å². The second-order valence-electron chi connectivity index (χ2n) is 8.56. The summed E-state index contributed by atoms with van der Waals surface area (Å²) < 4.78 is 5.21. The SMILES string of the molecule is COc1ccc(CCN2CCN(C(=O)c3ccc(C(C)(C)C)cc3)CC2)cc1. The Morgan fingerprint density at radius 2 is 1.54 bits per heavy atom. The van der Waals surface area contributed by atoms with Gasteiger partial charge < -0.3 is 9.64 Å². The number of carbonyl (C=O) groups excluding carboxylic acids is 1. The van der Waals surface area contributed by atoms with Gasteiger partial charge in [-0.3, -0.25) is 9.69 Å². The van der Waals surface area contributed by atoms with E-state index in [0.29, 0.717) is 0 Å². The lowest BCUT2D eigenvalue weighted by Crippen LogP contribution is -2.49. The Morgan fingerprint density at radius 1 is 0.929 bits per heavy atom. The number of rotatable bonds is 5. The van der Waals surface area contributed by atoms with Gasteiger partial charge in [-0.2, -0.15) is 0 Å². The van der Waals surface area contributed by atoms with Crippen molar-refractivity contribution in [2.75, 3.05) is 39.8 Å². The molecular formula is C24H32N2O2. The first kappa shape index (κ1) is 20.4. The first-order chi connectivity index (χ1) is 13.4. The molecule has 0 spiro atoms. The fourth-order valence-electron chi connectivity index (χ4n) is 3.55. The molecule has 1 heterocycles. The van der Waals surface area contributed by atoms with E-state index >= 15 is 0 Å². The summed E-state index contributed by atoms with van der Waals surface area (Å²) in [5, 5.41) is 0. The number of methoxy groups -OCH3 is 1. The van der Waals surface area contributed by atoms with E-state index in [0.717, 1.165) is 50.5 Å². The molecule has 1 fully saturated rings. The van der Waals surface area contributed by atoms with E-state index in [2.05, 4.69) is 49.9 Å². The van der Waals surface area contributed by atoms with Crippen LogP contribution in [-0.2, 0) is 11.8 Å². The van der Waals surface area contributed by atoms with E-state index in [1.807, 2.05) is 29.2 Å². The Bertz CT molecular complexity index is 768. The number of amides is 1. The van der Waals surface area contributed by atoms with Gasteiger partial charge in [0.15, 0.2) is 0 Å². The van der Waals surface area contributed by atoms with Crippen molar-refractivity contribution >= 4 is 5.91 Å². The van der Waals surface area contributed by atoms with Gasteiger partial charge >= 0.3 is 0 Å². The van der Waals surface area contributed by atoms with E-state index in [9.17, 15) is 4.79 Å². The molecule has 2 aromatic carbocycles. The summed E-state index contributed by atoms with van der Waals surface area (Å²) in [6, 6.07) is 16.4. The summed E-state index contributed by atoms with van der Waals surface area (Å²) in [4.78, 5) is 17.2. The van der Waals surface area contributed by atoms with Crippen LogP contribution in [0.3, 0.4) is 0 Å². The highest BCUT2D eigenvalue weighted by molar-refractivity contribution is 5.94. The summed E-state index contributed by atoms with van der Waals surface area (Å²) in [5.74, 6) is 1.04. The van der Waals surface area contributed by atoms with E-state index in [1.54, 1.807) is 7.11 Å². The lowest BCUT2D eigenvalue weighted by molar-refractivity contribution is 0.0638. The van der Waals surface area contributed by atoms with Crippen LogP contribution >= 0.6 is 0 Å². The van der Waals surface area contributed by atoms with Gasteiger partial charge in [0.25, 0.3) is 5.91 Å². The van der Waals surface area contributed by atoms with E-state index in [4.69, 9.17) is 4.74 Å². The predicted octanol–water partition coefficient (Wildman–Crippen LogP) is 3.99. The summed E-state index contributed by atoms with van der Waals surface area (Å²) >= 11 is 0. The molecule has 0 radical (unpaired) electrons. The van der Waals surface area contributed by atoms with E-state index < -0.39 is 0 Å². The highest BCUT2D eigenvalue weighted by Gasteiger charge is 2.22. The largest absolute Gasteiger partial charge is 0.497 e. The monoisotopic (exact) mass is 380 g/mol. The molecule has 0 saturated carbocycles. The minimum Gasteiger partial charge on any atom is -0.497 e. The summed E-state index contributed by atoms with van der Waals surface area (Å²) in [7, 11) is 1.69. The van der Waals surface area contributed by atoms with Crippen LogP contribution in [0.5, 0.6) is 5.75 Å². The van der Waals surface area contributed by atoms with Crippen LogP contribution < -0.4 is 4.74 Å². The Hall–Kier alpha value is -2.33. The smallest absolute Gasteiger partial charge is 0.253 e. The van der Waals surface area contributed by atoms with Crippen molar-refractivity contribution in [3.8, 4) is 5.75 Å². The molecule has 0 bridgehead atoms. The van der Waals surface area contributed by atoms with Crippen molar-refractivity contribution in [2.24, 2.45) is 0 Å².